The van der Waals surface area contributed by atoms with E-state index < -0.39 is 14.6 Å². The lowest BCUT2D eigenvalue weighted by atomic mass is 9.86. The van der Waals surface area contributed by atoms with Crippen LogP contribution in [0.25, 0.3) is 0 Å². The van der Waals surface area contributed by atoms with Crippen molar-refractivity contribution in [2.24, 2.45) is 0 Å². The molecule has 1 fully saturated rings. The van der Waals surface area contributed by atoms with Gasteiger partial charge in [-0.2, -0.15) is 5.26 Å². The smallest absolute Gasteiger partial charge is 0.197 e. The molecule has 1 aliphatic rings. The molecule has 0 radical (unpaired) electrons. The molecule has 0 amide bonds. The Balaban J connectivity index is 2.53. The van der Waals surface area contributed by atoms with Gasteiger partial charge in [0.05, 0.1) is 11.0 Å². The molecule has 1 aromatic carbocycles. The van der Waals surface area contributed by atoms with E-state index >= 15 is 0 Å². The minimum atomic E-state index is -3.57. The van der Waals surface area contributed by atoms with Crippen molar-refractivity contribution >= 4 is 21.4 Å². The van der Waals surface area contributed by atoms with Gasteiger partial charge in [0.1, 0.15) is 0 Å². The van der Waals surface area contributed by atoms with Crippen molar-refractivity contribution in [3.05, 3.63) is 28.8 Å². The first-order valence-electron chi connectivity index (χ1n) is 5.35. The van der Waals surface area contributed by atoms with E-state index in [1.807, 2.05) is 6.07 Å². The number of rotatable bonds is 2. The maximum absolute atomic E-state index is 12.4. The number of nitriles is 1. The Morgan fingerprint density at radius 1 is 1.41 bits per heavy atom. The summed E-state index contributed by atoms with van der Waals surface area (Å²) in [6, 6.07) is 6.54. The van der Waals surface area contributed by atoms with Gasteiger partial charge in [0.25, 0.3) is 0 Å². The lowest BCUT2D eigenvalue weighted by molar-refractivity contribution is 0.406. The molecule has 5 heteroatoms. The van der Waals surface area contributed by atoms with Crippen LogP contribution in [0, 0.1) is 18.3 Å². The summed E-state index contributed by atoms with van der Waals surface area (Å²) < 4.78 is 23.5. The molecule has 0 spiro atoms. The molecule has 1 aliphatic carbocycles. The normalized spacial score (nSPS) is 18.2. The topological polar surface area (TPSA) is 57.9 Å². The van der Waals surface area contributed by atoms with Gasteiger partial charge < -0.3 is 0 Å². The molecule has 3 nitrogen and oxygen atoms in total. The van der Waals surface area contributed by atoms with Crippen molar-refractivity contribution in [1.82, 2.24) is 0 Å². The van der Waals surface area contributed by atoms with Crippen LogP contribution < -0.4 is 0 Å². The predicted octanol–water partition coefficient (Wildman–Crippen LogP) is 2.87. The van der Waals surface area contributed by atoms with E-state index in [-0.39, 0.29) is 4.90 Å². The molecular formula is C12H12ClNO2S. The van der Waals surface area contributed by atoms with Gasteiger partial charge in [0.2, 0.25) is 0 Å². The first-order chi connectivity index (χ1) is 7.93. The van der Waals surface area contributed by atoms with E-state index in [1.165, 1.54) is 12.1 Å². The fourth-order valence-corrected chi connectivity index (χ4v) is 4.04. The van der Waals surface area contributed by atoms with Crippen LogP contribution in [-0.4, -0.2) is 13.2 Å². The van der Waals surface area contributed by atoms with Crippen LogP contribution in [0.3, 0.4) is 0 Å². The molecule has 0 aliphatic heterocycles. The van der Waals surface area contributed by atoms with Crippen LogP contribution in [0.5, 0.6) is 0 Å². The second-order valence-corrected chi connectivity index (χ2v) is 7.04. The Labute approximate surface area is 106 Å². The number of nitrogens with zero attached hydrogens (tertiary/aromatic N) is 1. The Morgan fingerprint density at radius 3 is 2.47 bits per heavy atom. The van der Waals surface area contributed by atoms with Crippen LogP contribution >= 0.6 is 11.6 Å². The molecule has 0 N–H and O–H groups in total. The summed E-state index contributed by atoms with van der Waals surface area (Å²) in [6.07, 6.45) is 1.64. The number of halogens is 1. The fraction of sp³-hybridized carbons (Fsp3) is 0.417. The molecular weight excluding hydrogens is 258 g/mol. The van der Waals surface area contributed by atoms with Crippen molar-refractivity contribution < 1.29 is 8.42 Å². The highest BCUT2D eigenvalue weighted by atomic mass is 35.5. The van der Waals surface area contributed by atoms with Crippen LogP contribution in [0.4, 0.5) is 0 Å². The third-order valence-electron chi connectivity index (χ3n) is 3.32. The minimum absolute atomic E-state index is 0.195. The first-order valence-corrected chi connectivity index (χ1v) is 7.21. The highest BCUT2D eigenvalue weighted by molar-refractivity contribution is 7.93. The Kier molecular flexibility index (Phi) is 2.92. The summed E-state index contributed by atoms with van der Waals surface area (Å²) in [5.41, 5.74) is 0.708. The Hall–Kier alpha value is -1.05. The van der Waals surface area contributed by atoms with Crippen molar-refractivity contribution in [2.75, 3.05) is 0 Å². The van der Waals surface area contributed by atoms with Crippen molar-refractivity contribution in [3.8, 4) is 6.07 Å². The Morgan fingerprint density at radius 2 is 2.06 bits per heavy atom. The molecule has 90 valence electrons. The quantitative estimate of drug-likeness (QED) is 0.829. The highest BCUT2D eigenvalue weighted by Gasteiger charge is 2.50. The number of sulfone groups is 1. The van der Waals surface area contributed by atoms with E-state index in [9.17, 15) is 8.42 Å². The zero-order valence-electron chi connectivity index (χ0n) is 9.40. The van der Waals surface area contributed by atoms with E-state index in [2.05, 4.69) is 0 Å². The molecule has 0 atom stereocenters. The summed E-state index contributed by atoms with van der Waals surface area (Å²) >= 11 is 5.87. The summed E-state index contributed by atoms with van der Waals surface area (Å²) in [5, 5.41) is 9.63. The van der Waals surface area contributed by atoms with E-state index in [1.54, 1.807) is 13.0 Å². The third kappa shape index (κ3) is 1.74. The molecule has 0 heterocycles. The average Bonchev–Trinajstić information content (AvgIpc) is 2.20. The van der Waals surface area contributed by atoms with E-state index in [0.717, 1.165) is 6.42 Å². The van der Waals surface area contributed by atoms with Crippen LogP contribution in [-0.2, 0) is 9.84 Å². The second-order valence-electron chi connectivity index (χ2n) is 4.37. The molecule has 0 saturated heterocycles. The standard InChI is InChI=1S/C12H12ClNO2S/c1-9-7-10(3-4-11(9)13)17(15,16)12(8-14)5-2-6-12/h3-4,7H,2,5-6H2,1H3. The fourth-order valence-electron chi connectivity index (χ4n) is 1.95. The predicted molar refractivity (Wildman–Crippen MR) is 65.6 cm³/mol. The maximum atomic E-state index is 12.4. The molecule has 17 heavy (non-hydrogen) atoms. The van der Waals surface area contributed by atoms with Gasteiger partial charge in [0.15, 0.2) is 14.6 Å². The van der Waals surface area contributed by atoms with Gasteiger partial charge in [0, 0.05) is 5.02 Å². The number of hydrogen-bond donors (Lipinski definition) is 0. The zero-order chi connectivity index (χ0) is 12.7. The van der Waals surface area contributed by atoms with Crippen LogP contribution in [0.15, 0.2) is 23.1 Å². The Bertz CT molecular complexity index is 597. The molecule has 2 rings (SSSR count). The molecule has 0 unspecified atom stereocenters. The molecule has 0 aromatic heterocycles. The molecule has 0 bridgehead atoms. The van der Waals surface area contributed by atoms with Crippen LogP contribution in [0.2, 0.25) is 5.02 Å². The van der Waals surface area contributed by atoms with Crippen molar-refractivity contribution in [2.45, 2.75) is 35.8 Å². The van der Waals surface area contributed by atoms with Crippen LogP contribution in [0.1, 0.15) is 24.8 Å². The van der Waals surface area contributed by atoms with E-state index in [0.29, 0.717) is 23.4 Å². The molecule has 1 saturated carbocycles. The number of benzene rings is 1. The average molecular weight is 270 g/mol. The summed E-state index contributed by atoms with van der Waals surface area (Å²) in [5.74, 6) is 0. The van der Waals surface area contributed by atoms with Gasteiger partial charge >= 0.3 is 0 Å². The van der Waals surface area contributed by atoms with Gasteiger partial charge in [-0.25, -0.2) is 8.42 Å². The molecule has 1 aromatic rings. The lowest BCUT2D eigenvalue weighted by Crippen LogP contribution is -2.43. The van der Waals surface area contributed by atoms with Gasteiger partial charge in [-0.3, -0.25) is 0 Å². The number of hydrogen-bond acceptors (Lipinski definition) is 3. The zero-order valence-corrected chi connectivity index (χ0v) is 11.0. The second kappa shape index (κ2) is 4.01. The van der Waals surface area contributed by atoms with Gasteiger partial charge in [-0.1, -0.05) is 11.6 Å². The van der Waals surface area contributed by atoms with Gasteiger partial charge in [-0.15, -0.1) is 0 Å². The van der Waals surface area contributed by atoms with E-state index in [4.69, 9.17) is 16.9 Å². The monoisotopic (exact) mass is 269 g/mol. The lowest BCUT2D eigenvalue weighted by Gasteiger charge is -2.34. The third-order valence-corrected chi connectivity index (χ3v) is 6.15. The SMILES string of the molecule is Cc1cc(S(=O)(=O)C2(C#N)CCC2)ccc1Cl. The van der Waals surface area contributed by atoms with Crippen molar-refractivity contribution in [3.63, 3.8) is 0 Å². The summed E-state index contributed by atoms with van der Waals surface area (Å²) in [6.45, 7) is 1.75. The maximum Gasteiger partial charge on any atom is 0.197 e. The van der Waals surface area contributed by atoms with Crippen molar-refractivity contribution in [1.29, 1.82) is 5.26 Å². The highest BCUT2D eigenvalue weighted by Crippen LogP contribution is 2.42. The first kappa shape index (κ1) is 12.4. The largest absolute Gasteiger partial charge is 0.222 e. The van der Waals surface area contributed by atoms with Gasteiger partial charge in [-0.05, 0) is 49.9 Å². The number of aryl methyl sites for hydroxylation is 1. The summed E-state index contributed by atoms with van der Waals surface area (Å²) in [4.78, 5) is 0.195. The summed E-state index contributed by atoms with van der Waals surface area (Å²) in [7, 11) is -3.57. The minimum Gasteiger partial charge on any atom is -0.222 e.